The van der Waals surface area contributed by atoms with Gasteiger partial charge in [-0.1, -0.05) is 5.21 Å². The number of aromatic amines is 1. The Balaban J connectivity index is 1.81. The van der Waals surface area contributed by atoms with Gasteiger partial charge in [0.25, 0.3) is 0 Å². The number of aromatic nitrogens is 4. The molecule has 0 aliphatic rings. The SMILES string of the molecule is Brc1ccsc1CNCc1nn[nH]n1. The molecule has 0 radical (unpaired) electrons. The number of H-pyrrole nitrogens is 1. The minimum absolute atomic E-state index is 0.626. The molecule has 0 fully saturated rings. The second kappa shape index (κ2) is 4.63. The van der Waals surface area contributed by atoms with E-state index in [4.69, 9.17) is 0 Å². The average Bonchev–Trinajstić information content (AvgIpc) is 2.78. The van der Waals surface area contributed by atoms with Gasteiger partial charge in [-0.3, -0.25) is 0 Å². The van der Waals surface area contributed by atoms with Crippen molar-refractivity contribution in [1.29, 1.82) is 0 Å². The van der Waals surface area contributed by atoms with Crippen molar-refractivity contribution in [2.75, 3.05) is 0 Å². The standard InChI is InChI=1S/C7H8BrN5S/c8-5-1-2-14-6(5)3-9-4-7-10-12-13-11-7/h1-2,9H,3-4H2,(H,10,11,12,13). The van der Waals surface area contributed by atoms with Crippen LogP contribution in [0.1, 0.15) is 10.7 Å². The molecule has 7 heteroatoms. The molecule has 0 saturated carbocycles. The van der Waals surface area contributed by atoms with Gasteiger partial charge >= 0.3 is 0 Å². The summed E-state index contributed by atoms with van der Waals surface area (Å²) in [5.41, 5.74) is 0. The van der Waals surface area contributed by atoms with Crippen LogP contribution in [0.15, 0.2) is 15.9 Å². The van der Waals surface area contributed by atoms with Crippen LogP contribution in [0.4, 0.5) is 0 Å². The highest BCUT2D eigenvalue weighted by Gasteiger charge is 2.01. The Morgan fingerprint density at radius 3 is 3.07 bits per heavy atom. The van der Waals surface area contributed by atoms with Crippen LogP contribution < -0.4 is 5.32 Å². The minimum atomic E-state index is 0.626. The quantitative estimate of drug-likeness (QED) is 0.882. The Hall–Kier alpha value is -0.790. The zero-order valence-electron chi connectivity index (χ0n) is 7.20. The third-order valence-corrected chi connectivity index (χ3v) is 3.58. The molecule has 2 aromatic heterocycles. The molecule has 0 spiro atoms. The fraction of sp³-hybridized carbons (Fsp3) is 0.286. The van der Waals surface area contributed by atoms with E-state index in [1.807, 2.05) is 6.07 Å². The predicted molar refractivity (Wildman–Crippen MR) is 56.7 cm³/mol. The van der Waals surface area contributed by atoms with Crippen LogP contribution in [0.3, 0.4) is 0 Å². The van der Waals surface area contributed by atoms with E-state index in [2.05, 4.69) is 47.3 Å². The molecule has 0 aliphatic carbocycles. The topological polar surface area (TPSA) is 66.5 Å². The van der Waals surface area contributed by atoms with E-state index < -0.39 is 0 Å². The van der Waals surface area contributed by atoms with Crippen LogP contribution in [0, 0.1) is 0 Å². The Morgan fingerprint density at radius 2 is 2.43 bits per heavy atom. The van der Waals surface area contributed by atoms with E-state index in [1.165, 1.54) is 4.88 Å². The maximum absolute atomic E-state index is 3.84. The maximum Gasteiger partial charge on any atom is 0.188 e. The Labute approximate surface area is 93.0 Å². The molecule has 0 amide bonds. The number of halogens is 1. The lowest BCUT2D eigenvalue weighted by molar-refractivity contribution is 0.668. The monoisotopic (exact) mass is 273 g/mol. The van der Waals surface area contributed by atoms with Crippen molar-refractivity contribution in [2.24, 2.45) is 0 Å². The summed E-state index contributed by atoms with van der Waals surface area (Å²) < 4.78 is 1.14. The normalized spacial score (nSPS) is 10.6. The first-order valence-corrected chi connectivity index (χ1v) is 5.68. The number of nitrogens with zero attached hydrogens (tertiary/aromatic N) is 3. The second-order valence-corrected chi connectivity index (χ2v) is 4.48. The van der Waals surface area contributed by atoms with Crippen LogP contribution >= 0.6 is 27.3 Å². The smallest absolute Gasteiger partial charge is 0.188 e. The van der Waals surface area contributed by atoms with Crippen LogP contribution in [0.25, 0.3) is 0 Å². The van der Waals surface area contributed by atoms with Crippen molar-refractivity contribution in [3.05, 3.63) is 26.6 Å². The van der Waals surface area contributed by atoms with E-state index in [0.717, 1.165) is 11.0 Å². The van der Waals surface area contributed by atoms with Crippen LogP contribution in [-0.4, -0.2) is 20.6 Å². The molecule has 5 nitrogen and oxygen atoms in total. The second-order valence-electron chi connectivity index (χ2n) is 2.62. The van der Waals surface area contributed by atoms with Gasteiger partial charge in [-0.2, -0.15) is 5.21 Å². The van der Waals surface area contributed by atoms with Gasteiger partial charge in [0.1, 0.15) is 0 Å². The van der Waals surface area contributed by atoms with Crippen LogP contribution in [0.2, 0.25) is 0 Å². The summed E-state index contributed by atoms with van der Waals surface area (Å²) >= 11 is 5.18. The van der Waals surface area contributed by atoms with Crippen molar-refractivity contribution in [1.82, 2.24) is 25.9 Å². The van der Waals surface area contributed by atoms with Gasteiger partial charge in [-0.05, 0) is 27.4 Å². The molecular weight excluding hydrogens is 266 g/mol. The molecule has 14 heavy (non-hydrogen) atoms. The zero-order chi connectivity index (χ0) is 9.80. The van der Waals surface area contributed by atoms with Gasteiger partial charge < -0.3 is 5.32 Å². The maximum atomic E-state index is 3.84. The minimum Gasteiger partial charge on any atom is -0.305 e. The summed E-state index contributed by atoms with van der Waals surface area (Å²) in [6, 6.07) is 2.04. The first kappa shape index (κ1) is 9.75. The van der Waals surface area contributed by atoms with E-state index in [9.17, 15) is 0 Å². The lowest BCUT2D eigenvalue weighted by atomic mass is 10.4. The molecule has 0 aromatic carbocycles. The third kappa shape index (κ3) is 2.37. The summed E-state index contributed by atoms with van der Waals surface area (Å²) in [6.45, 7) is 1.44. The number of nitrogens with one attached hydrogen (secondary N) is 2. The van der Waals surface area contributed by atoms with E-state index in [0.29, 0.717) is 12.4 Å². The number of hydrogen-bond acceptors (Lipinski definition) is 5. The molecule has 0 aliphatic heterocycles. The summed E-state index contributed by atoms with van der Waals surface area (Å²) in [5.74, 6) is 0.678. The lowest BCUT2D eigenvalue weighted by Crippen LogP contribution is -2.13. The summed E-state index contributed by atoms with van der Waals surface area (Å²) in [4.78, 5) is 1.27. The van der Waals surface area contributed by atoms with Gasteiger partial charge in [0, 0.05) is 15.9 Å². The van der Waals surface area contributed by atoms with Crippen molar-refractivity contribution in [3.8, 4) is 0 Å². The number of thiophene rings is 1. The number of hydrogen-bond donors (Lipinski definition) is 2. The number of tetrazole rings is 1. The highest BCUT2D eigenvalue weighted by molar-refractivity contribution is 9.10. The molecular formula is C7H8BrN5S. The van der Waals surface area contributed by atoms with Gasteiger partial charge in [0.15, 0.2) is 5.82 Å². The lowest BCUT2D eigenvalue weighted by Gasteiger charge is -1.99. The van der Waals surface area contributed by atoms with Crippen molar-refractivity contribution in [3.63, 3.8) is 0 Å². The first-order chi connectivity index (χ1) is 6.86. The zero-order valence-corrected chi connectivity index (χ0v) is 9.60. The first-order valence-electron chi connectivity index (χ1n) is 4.01. The van der Waals surface area contributed by atoms with Gasteiger partial charge in [0.2, 0.25) is 0 Å². The van der Waals surface area contributed by atoms with Crippen LogP contribution in [0.5, 0.6) is 0 Å². The molecule has 0 saturated heterocycles. The molecule has 0 atom stereocenters. The Bertz CT molecular complexity index is 384. The Kier molecular flexibility index (Phi) is 3.22. The van der Waals surface area contributed by atoms with E-state index in [1.54, 1.807) is 11.3 Å². The number of rotatable bonds is 4. The average molecular weight is 274 g/mol. The fourth-order valence-electron chi connectivity index (χ4n) is 0.996. The highest BCUT2D eigenvalue weighted by Crippen LogP contribution is 2.22. The van der Waals surface area contributed by atoms with Crippen molar-refractivity contribution < 1.29 is 0 Å². The van der Waals surface area contributed by atoms with Crippen molar-refractivity contribution >= 4 is 27.3 Å². The largest absolute Gasteiger partial charge is 0.305 e. The predicted octanol–water partition coefficient (Wildman–Crippen LogP) is 1.31. The van der Waals surface area contributed by atoms with Crippen LogP contribution in [-0.2, 0) is 13.1 Å². The fourth-order valence-corrected chi connectivity index (χ4v) is 2.46. The molecule has 2 heterocycles. The summed E-state index contributed by atoms with van der Waals surface area (Å²) in [5, 5.41) is 18.8. The van der Waals surface area contributed by atoms with Crippen molar-refractivity contribution in [2.45, 2.75) is 13.1 Å². The summed E-state index contributed by atoms with van der Waals surface area (Å²) in [7, 11) is 0. The molecule has 0 unspecified atom stereocenters. The van der Waals surface area contributed by atoms with E-state index in [-0.39, 0.29) is 0 Å². The molecule has 74 valence electrons. The van der Waals surface area contributed by atoms with Gasteiger partial charge in [-0.25, -0.2) is 0 Å². The summed E-state index contributed by atoms with van der Waals surface area (Å²) in [6.07, 6.45) is 0. The molecule has 0 bridgehead atoms. The van der Waals surface area contributed by atoms with Gasteiger partial charge in [-0.15, -0.1) is 21.5 Å². The van der Waals surface area contributed by atoms with Gasteiger partial charge in [0.05, 0.1) is 6.54 Å². The molecule has 2 aromatic rings. The molecule has 2 N–H and O–H groups in total. The van der Waals surface area contributed by atoms with E-state index >= 15 is 0 Å². The molecule has 2 rings (SSSR count). The highest BCUT2D eigenvalue weighted by atomic mass is 79.9. The third-order valence-electron chi connectivity index (χ3n) is 1.65. The Morgan fingerprint density at radius 1 is 1.50 bits per heavy atom.